The van der Waals surface area contributed by atoms with E-state index in [1.54, 1.807) is 12.1 Å². The summed E-state index contributed by atoms with van der Waals surface area (Å²) in [7, 11) is -3.75. The molecule has 2 aromatic carbocycles. The van der Waals surface area contributed by atoms with Crippen molar-refractivity contribution in [1.82, 2.24) is 5.32 Å². The number of hydrogen-bond acceptors (Lipinski definition) is 5. The molecule has 0 bridgehead atoms. The fourth-order valence-corrected chi connectivity index (χ4v) is 2.67. The van der Waals surface area contributed by atoms with Crippen LogP contribution in [0.15, 0.2) is 53.4 Å². The summed E-state index contributed by atoms with van der Waals surface area (Å²) in [5, 5.41) is 9.87. The molecule has 27 heavy (non-hydrogen) atoms. The predicted molar refractivity (Wildman–Crippen MR) is 98.1 cm³/mol. The lowest BCUT2D eigenvalue weighted by molar-refractivity contribution is -0.136. The van der Waals surface area contributed by atoms with E-state index in [1.165, 1.54) is 36.4 Å². The molecule has 9 nitrogen and oxygen atoms in total. The first-order chi connectivity index (χ1) is 12.7. The Morgan fingerprint density at radius 3 is 2.00 bits per heavy atom. The third kappa shape index (κ3) is 5.90. The van der Waals surface area contributed by atoms with Gasteiger partial charge in [0.2, 0.25) is 15.9 Å². The van der Waals surface area contributed by atoms with Crippen LogP contribution in [0.4, 0.5) is 5.69 Å². The topological polar surface area (TPSA) is 161 Å². The number of rotatable bonds is 6. The number of hydrogen-bond donors (Lipinski definition) is 4. The molecule has 0 aromatic heterocycles. The molecule has 3 amide bonds. The summed E-state index contributed by atoms with van der Waals surface area (Å²) in [6.07, 6.45) is 0.400. The van der Waals surface area contributed by atoms with E-state index in [1.807, 2.05) is 0 Å². The second-order valence-electron chi connectivity index (χ2n) is 5.59. The largest absolute Gasteiger partial charge is 0.366 e. The summed E-state index contributed by atoms with van der Waals surface area (Å²) in [6, 6.07) is 11.7. The standard InChI is InChI=1S/C17H18N4O5S/c18-15(22)12-3-5-13(6-4-12)21-17(24)16(23)20-10-9-11-1-7-14(8-2-11)27(19,25)26/h1-8H,9-10H2,(H2,18,22)(H,20,23)(H,21,24)(H2,19,25,26). The van der Waals surface area contributed by atoms with Crippen molar-refractivity contribution in [1.29, 1.82) is 0 Å². The third-order valence-corrected chi connectivity index (χ3v) is 4.51. The van der Waals surface area contributed by atoms with Gasteiger partial charge in [0, 0.05) is 17.8 Å². The number of primary sulfonamides is 1. The molecule has 0 spiro atoms. The highest BCUT2D eigenvalue weighted by atomic mass is 32.2. The molecule has 0 unspecified atom stereocenters. The van der Waals surface area contributed by atoms with Gasteiger partial charge in [-0.05, 0) is 48.4 Å². The van der Waals surface area contributed by atoms with Crippen LogP contribution in [0.2, 0.25) is 0 Å². The van der Waals surface area contributed by atoms with Gasteiger partial charge in [-0.3, -0.25) is 14.4 Å². The van der Waals surface area contributed by atoms with Gasteiger partial charge in [-0.2, -0.15) is 0 Å². The first kappa shape index (κ1) is 20.1. The number of nitrogens with two attached hydrogens (primary N) is 2. The Labute approximate surface area is 155 Å². The lowest BCUT2D eigenvalue weighted by atomic mass is 10.1. The maximum absolute atomic E-state index is 11.8. The number of benzene rings is 2. The van der Waals surface area contributed by atoms with E-state index in [9.17, 15) is 22.8 Å². The number of amides is 3. The van der Waals surface area contributed by atoms with Gasteiger partial charge in [-0.25, -0.2) is 13.6 Å². The Balaban J connectivity index is 1.82. The van der Waals surface area contributed by atoms with E-state index in [0.717, 1.165) is 5.56 Å². The Morgan fingerprint density at radius 2 is 1.48 bits per heavy atom. The minimum absolute atomic E-state index is 0.00276. The van der Waals surface area contributed by atoms with E-state index < -0.39 is 27.7 Å². The third-order valence-electron chi connectivity index (χ3n) is 3.58. The molecule has 2 aromatic rings. The molecule has 10 heteroatoms. The maximum atomic E-state index is 11.8. The first-order valence-corrected chi connectivity index (χ1v) is 9.32. The van der Waals surface area contributed by atoms with E-state index in [-0.39, 0.29) is 17.0 Å². The van der Waals surface area contributed by atoms with Crippen molar-refractivity contribution in [2.75, 3.05) is 11.9 Å². The zero-order chi connectivity index (χ0) is 20.0. The van der Waals surface area contributed by atoms with E-state index >= 15 is 0 Å². The number of carbonyl (C=O) groups excluding carboxylic acids is 3. The Bertz CT molecular complexity index is 954. The SMILES string of the molecule is NC(=O)c1ccc(NC(=O)C(=O)NCCc2ccc(S(N)(=O)=O)cc2)cc1. The van der Waals surface area contributed by atoms with Crippen LogP contribution < -0.4 is 21.5 Å². The minimum Gasteiger partial charge on any atom is -0.366 e. The van der Waals surface area contributed by atoms with Gasteiger partial charge in [0.05, 0.1) is 4.90 Å². The number of primary amides is 1. The Kier molecular flexibility index (Phi) is 6.27. The molecule has 2 rings (SSSR count). The summed E-state index contributed by atoms with van der Waals surface area (Å²) in [4.78, 5) is 34.6. The van der Waals surface area contributed by atoms with Gasteiger partial charge >= 0.3 is 11.8 Å². The molecule has 0 aliphatic carbocycles. The van der Waals surface area contributed by atoms with Gasteiger partial charge in [0.15, 0.2) is 0 Å². The monoisotopic (exact) mass is 390 g/mol. The van der Waals surface area contributed by atoms with Crippen LogP contribution in [0.1, 0.15) is 15.9 Å². The number of carbonyl (C=O) groups is 3. The smallest absolute Gasteiger partial charge is 0.313 e. The van der Waals surface area contributed by atoms with Crippen molar-refractivity contribution in [3.05, 3.63) is 59.7 Å². The quantitative estimate of drug-likeness (QED) is 0.498. The van der Waals surface area contributed by atoms with E-state index in [2.05, 4.69) is 10.6 Å². The Morgan fingerprint density at radius 1 is 0.889 bits per heavy atom. The van der Waals surface area contributed by atoms with Crippen LogP contribution in [0, 0.1) is 0 Å². The van der Waals surface area contributed by atoms with E-state index in [4.69, 9.17) is 10.9 Å². The molecule has 0 aliphatic heterocycles. The van der Waals surface area contributed by atoms with Crippen LogP contribution >= 0.6 is 0 Å². The first-order valence-electron chi connectivity index (χ1n) is 7.77. The molecule has 0 saturated heterocycles. The van der Waals surface area contributed by atoms with Gasteiger partial charge in [0.25, 0.3) is 0 Å². The average molecular weight is 390 g/mol. The molecule has 142 valence electrons. The molecule has 0 fully saturated rings. The molecule has 0 radical (unpaired) electrons. The summed E-state index contributed by atoms with van der Waals surface area (Å²) >= 11 is 0. The van der Waals surface area contributed by atoms with Crippen molar-refractivity contribution >= 4 is 33.4 Å². The summed E-state index contributed by atoms with van der Waals surface area (Å²) < 4.78 is 22.4. The lowest BCUT2D eigenvalue weighted by Gasteiger charge is -2.07. The summed E-state index contributed by atoms with van der Waals surface area (Å²) in [5.41, 5.74) is 6.52. The predicted octanol–water partition coefficient (Wildman–Crippen LogP) is -0.270. The van der Waals surface area contributed by atoms with Crippen molar-refractivity contribution in [3.63, 3.8) is 0 Å². The molecular weight excluding hydrogens is 372 g/mol. The zero-order valence-electron chi connectivity index (χ0n) is 14.1. The van der Waals surface area contributed by atoms with Crippen LogP contribution in [0.3, 0.4) is 0 Å². The van der Waals surface area contributed by atoms with Crippen LogP contribution in [0.25, 0.3) is 0 Å². The van der Waals surface area contributed by atoms with Crippen molar-refractivity contribution < 1.29 is 22.8 Å². The highest BCUT2D eigenvalue weighted by Gasteiger charge is 2.13. The number of sulfonamides is 1. The van der Waals surface area contributed by atoms with Gasteiger partial charge in [0.1, 0.15) is 0 Å². The summed E-state index contributed by atoms with van der Waals surface area (Å²) in [6.45, 7) is 0.182. The molecule has 0 heterocycles. The second kappa shape index (κ2) is 8.43. The fourth-order valence-electron chi connectivity index (χ4n) is 2.15. The number of nitrogens with one attached hydrogen (secondary N) is 2. The van der Waals surface area contributed by atoms with Gasteiger partial charge in [-0.1, -0.05) is 12.1 Å². The molecule has 0 atom stereocenters. The highest BCUT2D eigenvalue weighted by molar-refractivity contribution is 7.89. The number of anilines is 1. The summed E-state index contributed by atoms with van der Waals surface area (Å²) in [5.74, 6) is -2.27. The lowest BCUT2D eigenvalue weighted by Crippen LogP contribution is -2.36. The maximum Gasteiger partial charge on any atom is 0.313 e. The minimum atomic E-state index is -3.75. The molecule has 0 aliphatic rings. The molecule has 6 N–H and O–H groups in total. The van der Waals surface area contributed by atoms with Crippen molar-refractivity contribution in [3.8, 4) is 0 Å². The second-order valence-corrected chi connectivity index (χ2v) is 7.15. The normalized spacial score (nSPS) is 10.9. The van der Waals surface area contributed by atoms with Crippen LogP contribution in [0.5, 0.6) is 0 Å². The van der Waals surface area contributed by atoms with Crippen molar-refractivity contribution in [2.24, 2.45) is 10.9 Å². The molecule has 0 saturated carbocycles. The van der Waals surface area contributed by atoms with Crippen molar-refractivity contribution in [2.45, 2.75) is 11.3 Å². The average Bonchev–Trinajstić information content (AvgIpc) is 2.61. The van der Waals surface area contributed by atoms with Gasteiger partial charge in [-0.15, -0.1) is 0 Å². The zero-order valence-corrected chi connectivity index (χ0v) is 15.0. The Hall–Kier alpha value is -3.24. The van der Waals surface area contributed by atoms with E-state index in [0.29, 0.717) is 12.1 Å². The van der Waals surface area contributed by atoms with Crippen LogP contribution in [-0.4, -0.2) is 32.7 Å². The fraction of sp³-hybridized carbons (Fsp3) is 0.118. The van der Waals surface area contributed by atoms with Gasteiger partial charge < -0.3 is 16.4 Å². The van der Waals surface area contributed by atoms with Crippen LogP contribution in [-0.2, 0) is 26.0 Å². The highest BCUT2D eigenvalue weighted by Crippen LogP contribution is 2.10. The molecular formula is C17H18N4O5S.